The summed E-state index contributed by atoms with van der Waals surface area (Å²) in [6.45, 7) is 9.69. The Morgan fingerprint density at radius 1 is 1.19 bits per heavy atom. The van der Waals surface area contributed by atoms with Crippen LogP contribution < -0.4 is 10.1 Å². The molecule has 2 aromatic rings. The number of aryl methyl sites for hydroxylation is 4. The molecule has 6 nitrogen and oxygen atoms in total. The zero-order chi connectivity index (χ0) is 20.1. The molecule has 0 fully saturated rings. The number of pyridine rings is 1. The fraction of sp³-hybridized carbons (Fsp3) is 0.429. The summed E-state index contributed by atoms with van der Waals surface area (Å²) in [5.74, 6) is 0.305. The lowest BCUT2D eigenvalue weighted by Gasteiger charge is -2.21. The molecule has 0 aliphatic heterocycles. The summed E-state index contributed by atoms with van der Waals surface area (Å²) in [6.07, 6.45) is 2.35. The number of rotatable bonds is 7. The Morgan fingerprint density at radius 3 is 2.33 bits per heavy atom. The number of benzene rings is 1. The predicted octanol–water partition coefficient (Wildman–Crippen LogP) is 4.08. The SMILES string of the molecule is CCC(CO)Nc1c(C)cnc(Oc2c(C)cc(C)cc2C)c1C(=O)OC. The smallest absolute Gasteiger partial charge is 0.345 e. The number of methoxy groups -OCH3 is 1. The number of aliphatic hydroxyl groups excluding tert-OH is 1. The van der Waals surface area contributed by atoms with Gasteiger partial charge in [0.05, 0.1) is 19.4 Å². The van der Waals surface area contributed by atoms with Crippen LogP contribution in [0.1, 0.15) is 46.0 Å². The van der Waals surface area contributed by atoms with Gasteiger partial charge in [-0.05, 0) is 50.8 Å². The highest BCUT2D eigenvalue weighted by molar-refractivity contribution is 5.99. The van der Waals surface area contributed by atoms with Gasteiger partial charge < -0.3 is 19.9 Å². The van der Waals surface area contributed by atoms with Gasteiger partial charge in [0.15, 0.2) is 0 Å². The van der Waals surface area contributed by atoms with Crippen molar-refractivity contribution in [2.75, 3.05) is 19.0 Å². The fourth-order valence-electron chi connectivity index (χ4n) is 3.05. The van der Waals surface area contributed by atoms with E-state index in [-0.39, 0.29) is 24.1 Å². The van der Waals surface area contributed by atoms with Crippen LogP contribution in [-0.4, -0.2) is 35.8 Å². The van der Waals surface area contributed by atoms with Gasteiger partial charge in [-0.15, -0.1) is 0 Å². The standard InChI is InChI=1S/C21H28N2O4/c1-7-16(11-24)23-18-15(5)10-22-20(17(18)21(25)26-6)27-19-13(3)8-12(2)9-14(19)4/h8-10,16,24H,7,11H2,1-6H3,(H,22,23). The maximum absolute atomic E-state index is 12.5. The Morgan fingerprint density at radius 2 is 1.81 bits per heavy atom. The molecule has 1 unspecified atom stereocenters. The third kappa shape index (κ3) is 4.57. The maximum atomic E-state index is 12.5. The van der Waals surface area contributed by atoms with Crippen LogP contribution in [0.5, 0.6) is 11.6 Å². The Balaban J connectivity index is 2.58. The number of aliphatic hydroxyl groups is 1. The molecule has 2 rings (SSSR count). The highest BCUT2D eigenvalue weighted by Crippen LogP contribution is 2.35. The summed E-state index contributed by atoms with van der Waals surface area (Å²) in [4.78, 5) is 16.9. The highest BCUT2D eigenvalue weighted by atomic mass is 16.5. The van der Waals surface area contributed by atoms with Crippen LogP contribution in [0.3, 0.4) is 0 Å². The van der Waals surface area contributed by atoms with Crippen molar-refractivity contribution in [2.24, 2.45) is 0 Å². The first-order valence-electron chi connectivity index (χ1n) is 9.03. The van der Waals surface area contributed by atoms with Crippen molar-refractivity contribution in [3.05, 3.63) is 46.1 Å². The summed E-state index contributed by atoms with van der Waals surface area (Å²) >= 11 is 0. The first-order valence-corrected chi connectivity index (χ1v) is 9.03. The lowest BCUT2D eigenvalue weighted by Crippen LogP contribution is -2.25. The predicted molar refractivity (Wildman–Crippen MR) is 106 cm³/mol. The van der Waals surface area contributed by atoms with Crippen LogP contribution >= 0.6 is 0 Å². The van der Waals surface area contributed by atoms with Gasteiger partial charge in [-0.1, -0.05) is 24.6 Å². The van der Waals surface area contributed by atoms with Gasteiger partial charge in [0.1, 0.15) is 11.3 Å². The van der Waals surface area contributed by atoms with Crippen LogP contribution in [0.4, 0.5) is 5.69 Å². The number of esters is 1. The molecule has 0 spiro atoms. The second kappa shape index (κ2) is 8.86. The van der Waals surface area contributed by atoms with Crippen molar-refractivity contribution in [2.45, 2.75) is 47.1 Å². The summed E-state index contributed by atoms with van der Waals surface area (Å²) in [7, 11) is 1.32. The lowest BCUT2D eigenvalue weighted by molar-refractivity contribution is 0.0598. The van der Waals surface area contributed by atoms with Gasteiger partial charge in [-0.25, -0.2) is 9.78 Å². The monoisotopic (exact) mass is 372 g/mol. The largest absolute Gasteiger partial charge is 0.465 e. The van der Waals surface area contributed by atoms with E-state index in [9.17, 15) is 9.90 Å². The molecule has 146 valence electrons. The van der Waals surface area contributed by atoms with Gasteiger partial charge in [-0.3, -0.25) is 0 Å². The maximum Gasteiger partial charge on any atom is 0.345 e. The van der Waals surface area contributed by atoms with Crippen LogP contribution in [0.25, 0.3) is 0 Å². The number of hydrogen-bond donors (Lipinski definition) is 2. The van der Waals surface area contributed by atoms with Crippen LogP contribution in [0.2, 0.25) is 0 Å². The van der Waals surface area contributed by atoms with E-state index >= 15 is 0 Å². The number of carbonyl (C=O) groups excluding carboxylic acids is 1. The number of nitrogens with one attached hydrogen (secondary N) is 1. The van der Waals surface area contributed by atoms with Gasteiger partial charge >= 0.3 is 5.97 Å². The molecule has 1 aromatic heterocycles. The molecule has 0 aliphatic rings. The molecule has 0 saturated carbocycles. The minimum atomic E-state index is -0.543. The molecular formula is C21H28N2O4. The molecular weight excluding hydrogens is 344 g/mol. The number of anilines is 1. The van der Waals surface area contributed by atoms with Crippen LogP contribution in [0, 0.1) is 27.7 Å². The van der Waals surface area contributed by atoms with Crippen molar-refractivity contribution in [3.63, 3.8) is 0 Å². The number of ether oxygens (including phenoxy) is 2. The van der Waals surface area contributed by atoms with E-state index in [0.29, 0.717) is 17.9 Å². The van der Waals surface area contributed by atoms with Crippen LogP contribution in [0.15, 0.2) is 18.3 Å². The second-order valence-electron chi connectivity index (χ2n) is 6.75. The fourth-order valence-corrected chi connectivity index (χ4v) is 3.05. The third-order valence-electron chi connectivity index (χ3n) is 4.49. The Kier molecular flexibility index (Phi) is 6.80. The van der Waals surface area contributed by atoms with Gasteiger partial charge in [0.25, 0.3) is 0 Å². The molecule has 0 radical (unpaired) electrons. The van der Waals surface area contributed by atoms with E-state index in [2.05, 4.69) is 10.3 Å². The van der Waals surface area contributed by atoms with E-state index in [0.717, 1.165) is 22.3 Å². The first-order chi connectivity index (χ1) is 12.8. The van der Waals surface area contributed by atoms with Crippen LogP contribution in [-0.2, 0) is 4.74 Å². The molecule has 0 saturated heterocycles. The van der Waals surface area contributed by atoms with E-state index in [4.69, 9.17) is 9.47 Å². The van der Waals surface area contributed by atoms with Crippen molar-refractivity contribution in [3.8, 4) is 11.6 Å². The number of carbonyl (C=O) groups is 1. The van der Waals surface area contributed by atoms with Crippen molar-refractivity contribution < 1.29 is 19.4 Å². The zero-order valence-corrected chi connectivity index (χ0v) is 16.8. The minimum absolute atomic E-state index is 0.0504. The minimum Gasteiger partial charge on any atom is -0.465 e. The average Bonchev–Trinajstić information content (AvgIpc) is 2.63. The zero-order valence-electron chi connectivity index (χ0n) is 16.8. The van der Waals surface area contributed by atoms with E-state index in [1.165, 1.54) is 7.11 Å². The van der Waals surface area contributed by atoms with Gasteiger partial charge in [0, 0.05) is 12.2 Å². The quantitative estimate of drug-likeness (QED) is 0.713. The molecule has 0 aliphatic carbocycles. The van der Waals surface area contributed by atoms with E-state index in [1.807, 2.05) is 46.8 Å². The molecule has 6 heteroatoms. The number of nitrogens with zero attached hydrogens (tertiary/aromatic N) is 1. The number of aromatic nitrogens is 1. The van der Waals surface area contributed by atoms with E-state index < -0.39 is 5.97 Å². The summed E-state index contributed by atoms with van der Waals surface area (Å²) < 4.78 is 11.1. The summed E-state index contributed by atoms with van der Waals surface area (Å²) in [5.41, 5.74) is 4.62. The molecule has 0 bridgehead atoms. The Labute approximate surface area is 160 Å². The molecule has 1 aromatic carbocycles. The Hall–Kier alpha value is -2.60. The Bertz CT molecular complexity index is 806. The van der Waals surface area contributed by atoms with Gasteiger partial charge in [0.2, 0.25) is 5.88 Å². The normalized spacial score (nSPS) is 11.8. The molecule has 2 N–H and O–H groups in total. The summed E-state index contributed by atoms with van der Waals surface area (Å²) in [6, 6.07) is 3.85. The van der Waals surface area contributed by atoms with Crippen molar-refractivity contribution >= 4 is 11.7 Å². The topological polar surface area (TPSA) is 80.7 Å². The third-order valence-corrected chi connectivity index (χ3v) is 4.49. The van der Waals surface area contributed by atoms with E-state index in [1.54, 1.807) is 6.20 Å². The van der Waals surface area contributed by atoms with Crippen molar-refractivity contribution in [1.82, 2.24) is 4.98 Å². The lowest BCUT2D eigenvalue weighted by atomic mass is 10.1. The van der Waals surface area contributed by atoms with Crippen molar-refractivity contribution in [1.29, 1.82) is 0 Å². The second-order valence-corrected chi connectivity index (χ2v) is 6.75. The van der Waals surface area contributed by atoms with Gasteiger partial charge in [-0.2, -0.15) is 0 Å². The molecule has 1 atom stereocenters. The molecule has 0 amide bonds. The average molecular weight is 372 g/mol. The molecule has 1 heterocycles. The number of hydrogen-bond acceptors (Lipinski definition) is 6. The highest BCUT2D eigenvalue weighted by Gasteiger charge is 2.24. The summed E-state index contributed by atoms with van der Waals surface area (Å²) in [5, 5.41) is 12.8. The molecule has 27 heavy (non-hydrogen) atoms. The first kappa shape index (κ1) is 20.7.